The molecule has 0 amide bonds. The van der Waals surface area contributed by atoms with Crippen molar-refractivity contribution in [2.45, 2.75) is 52.1 Å². The van der Waals surface area contributed by atoms with Crippen LogP contribution >= 0.6 is 23.2 Å². The Morgan fingerprint density at radius 1 is 0.421 bits per heavy atom. The highest BCUT2D eigenvalue weighted by Crippen LogP contribution is 2.47. The molecule has 2 aliphatic heterocycles. The number of esters is 2. The van der Waals surface area contributed by atoms with Crippen LogP contribution in [0.1, 0.15) is 33.6 Å². The van der Waals surface area contributed by atoms with Gasteiger partial charge in [0.15, 0.2) is 11.6 Å². The van der Waals surface area contributed by atoms with Gasteiger partial charge < -0.3 is 57.2 Å². The van der Waals surface area contributed by atoms with Crippen molar-refractivity contribution in [2.24, 2.45) is 0 Å². The zero-order valence-electron chi connectivity index (χ0n) is 70.9. The van der Waals surface area contributed by atoms with Crippen molar-refractivity contribution in [3.05, 3.63) is 275 Å². The van der Waals surface area contributed by atoms with Crippen molar-refractivity contribution in [1.82, 2.24) is 68.7 Å². The minimum atomic E-state index is -1.16. The molecule has 30 heteroatoms. The number of benzene rings is 8. The van der Waals surface area contributed by atoms with Crippen LogP contribution in [0.4, 0.5) is 8.78 Å². The molecule has 2 atom stereocenters. The number of carbonyl (C=O) groups excluding carboxylic acids is 2. The molecule has 26 nitrogen and oxygen atoms in total. The molecular weight excluding hydrogens is 1650 g/mol. The molecular formula is C96H94Cl2F2N14O12. The number of methoxy groups -OCH3 is 4. The van der Waals surface area contributed by atoms with E-state index < -0.39 is 24.1 Å². The number of fused-ring (bicyclic) bond motifs is 2. The fourth-order valence-corrected chi connectivity index (χ4v) is 15.7. The highest BCUT2D eigenvalue weighted by molar-refractivity contribution is 6.34. The normalized spacial score (nSPS) is 13.7. The van der Waals surface area contributed by atoms with Crippen molar-refractivity contribution in [3.63, 3.8) is 0 Å². The summed E-state index contributed by atoms with van der Waals surface area (Å²) in [6.45, 7) is 14.7. The number of rotatable bonds is 32. The van der Waals surface area contributed by atoms with Gasteiger partial charge in [-0.1, -0.05) is 120 Å². The summed E-state index contributed by atoms with van der Waals surface area (Å²) in [4.78, 5) is 64.1. The Kier molecular flexibility index (Phi) is 28.6. The summed E-state index contributed by atoms with van der Waals surface area (Å²) in [7, 11) is 10.1. The van der Waals surface area contributed by atoms with Gasteiger partial charge in [0.25, 0.3) is 0 Å². The van der Waals surface area contributed by atoms with E-state index in [4.69, 9.17) is 80.5 Å². The van der Waals surface area contributed by atoms with Gasteiger partial charge in [0.1, 0.15) is 96.2 Å². The van der Waals surface area contributed by atoms with Gasteiger partial charge in [-0.25, -0.2) is 47.3 Å². The Morgan fingerprint density at radius 2 is 0.802 bits per heavy atom. The Morgan fingerprint density at radius 3 is 1.19 bits per heavy atom. The third kappa shape index (κ3) is 20.6. The molecule has 126 heavy (non-hydrogen) atoms. The van der Waals surface area contributed by atoms with E-state index in [-0.39, 0.29) is 49.4 Å². The van der Waals surface area contributed by atoms with Crippen LogP contribution in [0.3, 0.4) is 0 Å². The average Bonchev–Trinajstić information content (AvgIpc) is 1.59. The van der Waals surface area contributed by atoms with Crippen molar-refractivity contribution < 1.29 is 65.7 Å². The summed E-state index contributed by atoms with van der Waals surface area (Å²) in [6.07, 6.45) is 7.52. The SMILES string of the molecule is COC(=O)[C@@H](Cc1ccccc1OCc1ccnc(-c2ccccc2OC)n1)Oc1ncnn2cc(-c3ccc(F)cc3)c(-c3ccc(OCCN4CCN(C)CC4)c(Cl)c3C)c12.COC(=O)[C@@H](Cc1ccccc1OCc1ccnc(-c2ccccc2OC)n1)Oc1ncnn2cc(-c3ccc(F)cc3)c(-c3ccc(OCCN4CCN(C)CC4)c(Cl)c3C)c12. The van der Waals surface area contributed by atoms with Crippen LogP contribution in [0, 0.1) is 25.5 Å². The van der Waals surface area contributed by atoms with E-state index in [0.29, 0.717) is 114 Å². The molecule has 0 unspecified atom stereocenters. The second-order valence-electron chi connectivity index (χ2n) is 30.3. The Labute approximate surface area is 738 Å². The van der Waals surface area contributed by atoms with E-state index in [2.05, 4.69) is 63.8 Å². The second-order valence-corrected chi connectivity index (χ2v) is 31.0. The maximum atomic E-state index is 14.2. The van der Waals surface area contributed by atoms with E-state index in [1.807, 2.05) is 148 Å². The third-order valence-electron chi connectivity index (χ3n) is 22.2. The Bertz CT molecular complexity index is 5790. The standard InChI is InChI=1S/2C48H47ClFN7O6/c2*1-31-36(17-18-41(44(31)49)61-26-25-56-23-21-55(2)22-24-56)43-38(32-13-15-34(50)16-14-32)28-57-45(43)47(52-30-53-57)63-42(48(58)60-4)27-33-9-5-7-11-39(33)62-29-35-19-20-51-46(54-35)37-10-6-8-12-40(37)59-3/h2*5-20,28,30,42H,21-27,29H2,1-4H3/t2*42-/m11/s1. The fourth-order valence-electron chi connectivity index (χ4n) is 15.3. The summed E-state index contributed by atoms with van der Waals surface area (Å²) in [6, 6.07) is 53.4. The molecule has 14 aromatic rings. The topological polar surface area (TPSA) is 251 Å². The smallest absolute Gasteiger partial charge is 0.347 e. The van der Waals surface area contributed by atoms with E-state index in [9.17, 15) is 18.4 Å². The minimum absolute atomic E-state index is 0.0706. The predicted octanol–water partition coefficient (Wildman–Crippen LogP) is 16.0. The molecule has 2 saturated heterocycles. The Balaban J connectivity index is 0.000000194. The van der Waals surface area contributed by atoms with Gasteiger partial charge in [-0.2, -0.15) is 20.2 Å². The van der Waals surface area contributed by atoms with Crippen molar-refractivity contribution >= 4 is 46.2 Å². The van der Waals surface area contributed by atoms with Gasteiger partial charge in [0.2, 0.25) is 24.0 Å². The van der Waals surface area contributed by atoms with Gasteiger partial charge in [-0.05, 0) is 157 Å². The van der Waals surface area contributed by atoms with E-state index in [0.717, 1.165) is 121 Å². The highest BCUT2D eigenvalue weighted by atomic mass is 35.5. The number of hydrogen-bond acceptors (Lipinski definition) is 24. The van der Waals surface area contributed by atoms with Crippen LogP contribution in [0.15, 0.2) is 219 Å². The van der Waals surface area contributed by atoms with Crippen molar-refractivity contribution in [1.29, 1.82) is 0 Å². The summed E-state index contributed by atoms with van der Waals surface area (Å²) >= 11 is 14.2. The van der Waals surface area contributed by atoms with Gasteiger partial charge >= 0.3 is 11.9 Å². The summed E-state index contributed by atoms with van der Waals surface area (Å²) in [5, 5.41) is 9.99. The maximum Gasteiger partial charge on any atom is 0.347 e. The maximum absolute atomic E-state index is 14.2. The van der Waals surface area contributed by atoms with Gasteiger partial charge in [0.05, 0.1) is 61.0 Å². The first-order valence-electron chi connectivity index (χ1n) is 41.1. The number of aromatic nitrogens is 10. The molecule has 16 rings (SSSR count). The largest absolute Gasteiger partial charge is 0.496 e. The molecule has 648 valence electrons. The summed E-state index contributed by atoms with van der Waals surface area (Å²) in [5.41, 5.74) is 12.3. The van der Waals surface area contributed by atoms with E-state index in [1.54, 1.807) is 72.0 Å². The number of piperazine rings is 2. The lowest BCUT2D eigenvalue weighted by Crippen LogP contribution is -2.45. The first kappa shape index (κ1) is 87.7. The Hall–Kier alpha value is -13.2. The second kappa shape index (κ2) is 41.1. The number of ether oxygens (including phenoxy) is 10. The number of halogens is 4. The number of nitrogens with zero attached hydrogens (tertiary/aromatic N) is 14. The predicted molar refractivity (Wildman–Crippen MR) is 476 cm³/mol. The molecule has 2 fully saturated rings. The number of likely N-dealkylation sites (N-methyl/N-ethyl adjacent to an activating group) is 2. The van der Waals surface area contributed by atoms with Gasteiger partial charge in [-0.3, -0.25) is 9.80 Å². The van der Waals surface area contributed by atoms with Crippen LogP contribution in [0.2, 0.25) is 10.0 Å². The quantitative estimate of drug-likeness (QED) is 0.0355. The van der Waals surface area contributed by atoms with E-state index in [1.165, 1.54) is 51.1 Å². The first-order valence-corrected chi connectivity index (χ1v) is 41.9. The molecule has 0 N–H and O–H groups in total. The van der Waals surface area contributed by atoms with Crippen molar-refractivity contribution in [2.75, 3.05) is 121 Å². The zero-order chi connectivity index (χ0) is 87.7. The van der Waals surface area contributed by atoms with Gasteiger partial charge in [0, 0.05) is 125 Å². The minimum Gasteiger partial charge on any atom is -0.496 e. The van der Waals surface area contributed by atoms with Gasteiger partial charge in [-0.15, -0.1) is 0 Å². The molecule has 0 spiro atoms. The van der Waals surface area contributed by atoms with E-state index >= 15 is 0 Å². The third-order valence-corrected chi connectivity index (χ3v) is 23.2. The highest BCUT2D eigenvalue weighted by Gasteiger charge is 2.33. The fraction of sp³-hybridized carbons (Fsp3) is 0.271. The lowest BCUT2D eigenvalue weighted by Gasteiger charge is -2.32. The number of carbonyl (C=O) groups is 2. The van der Waals surface area contributed by atoms with Crippen LogP contribution in [-0.4, -0.2) is 214 Å². The number of hydrogen-bond donors (Lipinski definition) is 0. The van der Waals surface area contributed by atoms with Crippen molar-refractivity contribution in [3.8, 4) is 114 Å². The lowest BCUT2D eigenvalue weighted by atomic mass is 9.94. The number of para-hydroxylation sites is 4. The average molecular weight is 1740 g/mol. The molecule has 0 bridgehead atoms. The van der Waals surface area contributed by atoms with Crippen LogP contribution in [0.5, 0.6) is 46.3 Å². The molecule has 2 aliphatic rings. The first-order chi connectivity index (χ1) is 61.4. The summed E-state index contributed by atoms with van der Waals surface area (Å²) < 4.78 is 91.6. The molecule has 0 radical (unpaired) electrons. The molecule has 6 aromatic heterocycles. The molecule has 8 heterocycles. The van der Waals surface area contributed by atoms with Crippen LogP contribution in [0.25, 0.3) is 78.3 Å². The lowest BCUT2D eigenvalue weighted by molar-refractivity contribution is -0.149. The monoisotopic (exact) mass is 1740 g/mol. The zero-order valence-corrected chi connectivity index (χ0v) is 72.4. The molecule has 0 saturated carbocycles. The van der Waals surface area contributed by atoms with Crippen LogP contribution in [-0.2, 0) is 45.1 Å². The van der Waals surface area contributed by atoms with Crippen LogP contribution < -0.4 is 37.9 Å². The molecule has 8 aromatic carbocycles. The molecule has 0 aliphatic carbocycles. The summed E-state index contributed by atoms with van der Waals surface area (Å²) in [5.74, 6) is 2.76.